The van der Waals surface area contributed by atoms with Crippen molar-refractivity contribution in [3.8, 4) is 5.75 Å². The molecule has 128 valence electrons. The van der Waals surface area contributed by atoms with Crippen molar-refractivity contribution in [2.75, 3.05) is 13.1 Å². The molecule has 1 aliphatic heterocycles. The number of likely N-dealkylation sites (tertiary alicyclic amines) is 1. The predicted octanol–water partition coefficient (Wildman–Crippen LogP) is 3.16. The van der Waals surface area contributed by atoms with E-state index in [1.165, 1.54) is 11.1 Å². The highest BCUT2D eigenvalue weighted by Gasteiger charge is 2.54. The van der Waals surface area contributed by atoms with Gasteiger partial charge in [0, 0.05) is 25.2 Å². The number of fused-ring (bicyclic) bond motifs is 1. The van der Waals surface area contributed by atoms with Gasteiger partial charge in [-0.15, -0.1) is 0 Å². The first-order valence-electron chi connectivity index (χ1n) is 8.14. The lowest BCUT2D eigenvalue weighted by atomic mass is 9.88. The fraction of sp³-hybridized carbons (Fsp3) is 0.647. The van der Waals surface area contributed by atoms with Crippen LogP contribution in [0.3, 0.4) is 0 Å². The molecule has 1 aromatic carbocycles. The van der Waals surface area contributed by atoms with E-state index in [0.29, 0.717) is 6.54 Å². The van der Waals surface area contributed by atoms with E-state index in [4.69, 9.17) is 0 Å². The Morgan fingerprint density at radius 2 is 1.61 bits per heavy atom. The molecule has 0 atom stereocenters. The molecule has 3 rings (SSSR count). The van der Waals surface area contributed by atoms with Gasteiger partial charge in [-0.1, -0.05) is 6.07 Å². The maximum Gasteiger partial charge on any atom is 0.417 e. The van der Waals surface area contributed by atoms with Crippen LogP contribution < -0.4 is 0 Å². The van der Waals surface area contributed by atoms with Crippen molar-refractivity contribution in [2.45, 2.75) is 56.8 Å². The second kappa shape index (κ2) is 5.98. The second-order valence-electron chi connectivity index (χ2n) is 6.76. The molecule has 1 saturated heterocycles. The number of aromatic hydroxyl groups is 1. The minimum absolute atomic E-state index is 0.173. The number of piperidine rings is 1. The fourth-order valence-electron chi connectivity index (χ4n) is 3.56. The molecule has 23 heavy (non-hydrogen) atoms. The molecule has 0 spiro atoms. The van der Waals surface area contributed by atoms with E-state index >= 15 is 0 Å². The summed E-state index contributed by atoms with van der Waals surface area (Å²) in [4.78, 5) is 1.87. The molecule has 0 radical (unpaired) electrons. The van der Waals surface area contributed by atoms with E-state index in [0.717, 1.165) is 31.2 Å². The van der Waals surface area contributed by atoms with Gasteiger partial charge in [0.15, 0.2) is 5.60 Å². The monoisotopic (exact) mass is 329 g/mol. The van der Waals surface area contributed by atoms with Crippen LogP contribution >= 0.6 is 0 Å². The number of rotatable bonds is 2. The number of halogens is 3. The predicted molar refractivity (Wildman–Crippen MR) is 80.3 cm³/mol. The van der Waals surface area contributed by atoms with Crippen molar-refractivity contribution < 1.29 is 23.4 Å². The third-order valence-electron chi connectivity index (χ3n) is 5.15. The van der Waals surface area contributed by atoms with E-state index in [2.05, 4.69) is 0 Å². The highest BCUT2D eigenvalue weighted by atomic mass is 19.4. The summed E-state index contributed by atoms with van der Waals surface area (Å²) in [6.07, 6.45) is -0.965. The lowest BCUT2D eigenvalue weighted by Gasteiger charge is -2.39. The number of alkyl halides is 3. The maximum atomic E-state index is 12.8. The number of phenols is 1. The Bertz CT molecular complexity index is 578. The van der Waals surface area contributed by atoms with Gasteiger partial charge in [-0.3, -0.25) is 4.90 Å². The van der Waals surface area contributed by atoms with Gasteiger partial charge in [-0.05, 0) is 55.7 Å². The number of nitrogens with zero attached hydrogens (tertiary/aromatic N) is 1. The Hall–Kier alpha value is -1.27. The molecule has 0 amide bonds. The smallest absolute Gasteiger partial charge is 0.417 e. The van der Waals surface area contributed by atoms with E-state index < -0.39 is 11.8 Å². The zero-order chi connectivity index (χ0) is 16.7. The molecule has 0 unspecified atom stereocenters. The summed E-state index contributed by atoms with van der Waals surface area (Å²) >= 11 is 0. The van der Waals surface area contributed by atoms with Crippen LogP contribution in [-0.4, -0.2) is 40.0 Å². The number of aliphatic hydroxyl groups is 1. The highest BCUT2D eigenvalue weighted by Crippen LogP contribution is 2.39. The van der Waals surface area contributed by atoms with Crippen molar-refractivity contribution in [3.63, 3.8) is 0 Å². The number of aryl methyl sites for hydroxylation is 2. The van der Waals surface area contributed by atoms with E-state index in [1.54, 1.807) is 6.07 Å². The largest absolute Gasteiger partial charge is 0.508 e. The molecule has 1 aromatic rings. The van der Waals surface area contributed by atoms with Gasteiger partial charge in [0.25, 0.3) is 0 Å². The Balaban J connectivity index is 1.67. The summed E-state index contributed by atoms with van der Waals surface area (Å²) in [7, 11) is 0. The molecular formula is C17H22F3NO2. The fourth-order valence-corrected chi connectivity index (χ4v) is 3.56. The van der Waals surface area contributed by atoms with Gasteiger partial charge < -0.3 is 10.2 Å². The topological polar surface area (TPSA) is 43.7 Å². The number of phenolic OH excluding ortho intramolecular Hbond substituents is 1. The van der Waals surface area contributed by atoms with Crippen LogP contribution in [0.2, 0.25) is 0 Å². The van der Waals surface area contributed by atoms with Gasteiger partial charge in [-0.25, -0.2) is 0 Å². The Labute approximate surface area is 133 Å². The first kappa shape index (κ1) is 16.6. The van der Waals surface area contributed by atoms with E-state index in [-0.39, 0.29) is 31.7 Å². The van der Waals surface area contributed by atoms with Gasteiger partial charge in [0.05, 0.1) is 0 Å². The van der Waals surface area contributed by atoms with Crippen LogP contribution in [-0.2, 0) is 19.4 Å². The SMILES string of the molecule is Oc1cc2c(cc1CN1CCC(O)(C(F)(F)F)CC1)CCCC2. The number of benzene rings is 1. The molecule has 0 bridgehead atoms. The molecule has 1 heterocycles. The molecule has 0 aromatic heterocycles. The lowest BCUT2D eigenvalue weighted by Crippen LogP contribution is -2.53. The second-order valence-corrected chi connectivity index (χ2v) is 6.76. The van der Waals surface area contributed by atoms with Gasteiger partial charge in [-0.2, -0.15) is 13.2 Å². The summed E-state index contributed by atoms with van der Waals surface area (Å²) in [6.45, 7) is 0.770. The zero-order valence-corrected chi connectivity index (χ0v) is 13.0. The third kappa shape index (κ3) is 3.33. The van der Waals surface area contributed by atoms with Gasteiger partial charge in [0.1, 0.15) is 5.75 Å². The van der Waals surface area contributed by atoms with Crippen molar-refractivity contribution in [2.24, 2.45) is 0 Å². The molecule has 1 fully saturated rings. The molecule has 3 nitrogen and oxygen atoms in total. The summed E-state index contributed by atoms with van der Waals surface area (Å²) in [5, 5.41) is 19.9. The van der Waals surface area contributed by atoms with E-state index in [1.807, 2.05) is 11.0 Å². The molecule has 2 aliphatic rings. The van der Waals surface area contributed by atoms with Crippen molar-refractivity contribution in [1.82, 2.24) is 4.90 Å². The third-order valence-corrected chi connectivity index (χ3v) is 5.15. The van der Waals surface area contributed by atoms with Crippen LogP contribution in [0.25, 0.3) is 0 Å². The summed E-state index contributed by atoms with van der Waals surface area (Å²) in [6, 6.07) is 3.80. The normalized spacial score (nSPS) is 21.9. The molecular weight excluding hydrogens is 307 g/mol. The standard InChI is InChI=1S/C17H22F3NO2/c18-17(19,20)16(23)5-7-21(8-6-16)11-14-9-12-3-1-2-4-13(12)10-15(14)22/h9-10,22-23H,1-8,11H2. The molecule has 6 heteroatoms. The lowest BCUT2D eigenvalue weighted by molar-refractivity contribution is -0.272. The minimum Gasteiger partial charge on any atom is -0.508 e. The first-order chi connectivity index (χ1) is 10.8. The Kier molecular flexibility index (Phi) is 4.31. The average molecular weight is 329 g/mol. The summed E-state index contributed by atoms with van der Waals surface area (Å²) < 4.78 is 38.5. The molecule has 0 saturated carbocycles. The maximum absolute atomic E-state index is 12.8. The Morgan fingerprint density at radius 3 is 2.17 bits per heavy atom. The van der Waals surface area contributed by atoms with Gasteiger partial charge >= 0.3 is 6.18 Å². The van der Waals surface area contributed by atoms with Gasteiger partial charge in [0.2, 0.25) is 0 Å². The summed E-state index contributed by atoms with van der Waals surface area (Å²) in [5.74, 6) is 0.224. The zero-order valence-electron chi connectivity index (χ0n) is 13.0. The van der Waals surface area contributed by atoms with Crippen LogP contribution in [0.4, 0.5) is 13.2 Å². The highest BCUT2D eigenvalue weighted by molar-refractivity contribution is 5.43. The van der Waals surface area contributed by atoms with Crippen LogP contribution in [0.15, 0.2) is 12.1 Å². The van der Waals surface area contributed by atoms with Crippen LogP contribution in [0, 0.1) is 0 Å². The van der Waals surface area contributed by atoms with Crippen molar-refractivity contribution in [1.29, 1.82) is 0 Å². The Morgan fingerprint density at radius 1 is 1.04 bits per heavy atom. The average Bonchev–Trinajstić information content (AvgIpc) is 2.49. The number of hydrogen-bond donors (Lipinski definition) is 2. The van der Waals surface area contributed by atoms with Crippen LogP contribution in [0.5, 0.6) is 5.75 Å². The van der Waals surface area contributed by atoms with E-state index in [9.17, 15) is 23.4 Å². The number of hydrogen-bond acceptors (Lipinski definition) is 3. The summed E-state index contributed by atoms with van der Waals surface area (Å²) in [5.41, 5.74) is 0.625. The van der Waals surface area contributed by atoms with Crippen molar-refractivity contribution >= 4 is 0 Å². The minimum atomic E-state index is -4.58. The first-order valence-corrected chi connectivity index (χ1v) is 8.14. The van der Waals surface area contributed by atoms with Crippen LogP contribution in [0.1, 0.15) is 42.4 Å². The van der Waals surface area contributed by atoms with Crippen molar-refractivity contribution in [3.05, 3.63) is 28.8 Å². The molecule has 2 N–H and O–H groups in total. The quantitative estimate of drug-likeness (QED) is 0.876. The molecule has 1 aliphatic carbocycles.